The van der Waals surface area contributed by atoms with E-state index in [0.717, 1.165) is 10.8 Å². The van der Waals surface area contributed by atoms with Crippen molar-refractivity contribution in [3.63, 3.8) is 0 Å². The number of nitrogens with zero attached hydrogens (tertiary/aromatic N) is 1. The molecule has 0 aromatic carbocycles. The van der Waals surface area contributed by atoms with Gasteiger partial charge in [0.15, 0.2) is 5.78 Å². The molecule has 1 aromatic rings. The molecule has 1 heterocycles. The summed E-state index contributed by atoms with van der Waals surface area (Å²) in [7, 11) is 2.11. The molecular weight excluding hydrogens is 254 g/mol. The second-order valence-electron chi connectivity index (χ2n) is 5.83. The van der Waals surface area contributed by atoms with Crippen LogP contribution in [0.15, 0.2) is 12.1 Å². The number of hydrogen-bond acceptors (Lipinski definition) is 3. The number of carbonyl (C=O) groups is 1. The van der Waals surface area contributed by atoms with E-state index in [2.05, 4.69) is 25.8 Å². The fourth-order valence-electron chi connectivity index (χ4n) is 3.01. The minimum absolute atomic E-state index is 0.276. The zero-order valence-electron chi connectivity index (χ0n) is 12.3. The van der Waals surface area contributed by atoms with E-state index < -0.39 is 0 Å². The van der Waals surface area contributed by atoms with Crippen LogP contribution in [0.25, 0.3) is 0 Å². The lowest BCUT2D eigenvalue weighted by molar-refractivity contribution is 0.0889. The minimum atomic E-state index is 0.276. The summed E-state index contributed by atoms with van der Waals surface area (Å²) in [4.78, 5) is 16.6. The Hall–Kier alpha value is -0.670. The Labute approximate surface area is 120 Å². The van der Waals surface area contributed by atoms with Crippen LogP contribution in [0.3, 0.4) is 0 Å². The van der Waals surface area contributed by atoms with Gasteiger partial charge < -0.3 is 0 Å². The maximum Gasteiger partial charge on any atom is 0.186 e. The Morgan fingerprint density at radius 3 is 2.53 bits per heavy atom. The van der Waals surface area contributed by atoms with Gasteiger partial charge in [-0.15, -0.1) is 11.3 Å². The van der Waals surface area contributed by atoms with Crippen LogP contribution in [0.5, 0.6) is 0 Å². The van der Waals surface area contributed by atoms with Gasteiger partial charge >= 0.3 is 0 Å². The number of carbonyl (C=O) groups excluding carboxylic acids is 1. The molecule has 0 N–H and O–H groups in total. The number of Topliss-reactive ketones (excluding diaryl/α,β-unsaturated/α-hetero) is 1. The highest BCUT2D eigenvalue weighted by molar-refractivity contribution is 7.14. The van der Waals surface area contributed by atoms with Crippen molar-refractivity contribution < 1.29 is 4.79 Å². The second-order valence-corrected chi connectivity index (χ2v) is 7.12. The first-order valence-electron chi connectivity index (χ1n) is 7.40. The molecule has 0 unspecified atom stereocenters. The van der Waals surface area contributed by atoms with Gasteiger partial charge in [0.05, 0.1) is 11.4 Å². The van der Waals surface area contributed by atoms with E-state index in [1.165, 1.54) is 37.0 Å². The summed E-state index contributed by atoms with van der Waals surface area (Å²) in [6.07, 6.45) is 6.48. The zero-order valence-corrected chi connectivity index (χ0v) is 13.1. The Balaban J connectivity index is 1.84. The molecule has 19 heavy (non-hydrogen) atoms. The number of hydrogen-bond donors (Lipinski definition) is 0. The van der Waals surface area contributed by atoms with Gasteiger partial charge in [0, 0.05) is 10.9 Å². The maximum atomic E-state index is 12.2. The summed E-state index contributed by atoms with van der Waals surface area (Å²) in [6, 6.07) is 4.60. The average molecular weight is 279 g/mol. The molecule has 0 aliphatic heterocycles. The highest BCUT2D eigenvalue weighted by Gasteiger charge is 2.24. The largest absolute Gasteiger partial charge is 0.296 e. The lowest BCUT2D eigenvalue weighted by Crippen LogP contribution is -2.38. The summed E-state index contributed by atoms with van der Waals surface area (Å²) in [5.41, 5.74) is 0. The molecule has 0 radical (unpaired) electrons. The molecule has 0 saturated heterocycles. The fraction of sp³-hybridized carbons (Fsp3) is 0.688. The van der Waals surface area contributed by atoms with Crippen LogP contribution in [0.2, 0.25) is 0 Å². The van der Waals surface area contributed by atoms with Crippen molar-refractivity contribution in [1.29, 1.82) is 0 Å². The number of rotatable bonds is 5. The van der Waals surface area contributed by atoms with Gasteiger partial charge in [-0.05, 0) is 57.7 Å². The van der Waals surface area contributed by atoms with Crippen LogP contribution >= 0.6 is 11.3 Å². The summed E-state index contributed by atoms with van der Waals surface area (Å²) >= 11 is 1.61. The van der Waals surface area contributed by atoms with Gasteiger partial charge in [-0.3, -0.25) is 9.69 Å². The number of likely N-dealkylation sites (N-methyl/N-ethyl adjacent to an activating group) is 1. The molecule has 2 nitrogen and oxygen atoms in total. The fourth-order valence-corrected chi connectivity index (χ4v) is 3.81. The summed E-state index contributed by atoms with van der Waals surface area (Å²) in [5, 5.41) is 0. The van der Waals surface area contributed by atoms with Crippen molar-refractivity contribution in [3.05, 3.63) is 21.9 Å². The van der Waals surface area contributed by atoms with Crippen LogP contribution in [0, 0.1) is 12.8 Å². The van der Waals surface area contributed by atoms with E-state index in [4.69, 9.17) is 0 Å². The van der Waals surface area contributed by atoms with E-state index in [1.807, 2.05) is 12.1 Å². The summed E-state index contributed by atoms with van der Waals surface area (Å²) < 4.78 is 0. The van der Waals surface area contributed by atoms with E-state index in [9.17, 15) is 4.79 Å². The SMILES string of the molecule is CCC1CCC(N(C)CC(=O)c2ccc(C)s2)CC1. The molecule has 2 rings (SSSR count). The van der Waals surface area contributed by atoms with Crippen LogP contribution in [-0.4, -0.2) is 30.3 Å². The Kier molecular flexibility index (Phi) is 5.17. The highest BCUT2D eigenvalue weighted by Crippen LogP contribution is 2.29. The van der Waals surface area contributed by atoms with Crippen LogP contribution < -0.4 is 0 Å². The first kappa shape index (κ1) is 14.7. The zero-order chi connectivity index (χ0) is 13.8. The van der Waals surface area contributed by atoms with Gasteiger partial charge in [-0.25, -0.2) is 0 Å². The number of ketones is 1. The van der Waals surface area contributed by atoms with Crippen molar-refractivity contribution in [2.24, 2.45) is 5.92 Å². The Bertz CT molecular complexity index is 418. The molecule has 3 heteroatoms. The summed E-state index contributed by atoms with van der Waals surface area (Å²) in [5.74, 6) is 1.19. The molecule has 1 aliphatic carbocycles. The van der Waals surface area contributed by atoms with Crippen LogP contribution in [0.1, 0.15) is 53.6 Å². The molecule has 0 spiro atoms. The minimum Gasteiger partial charge on any atom is -0.296 e. The standard InChI is InChI=1S/C16H25NOS/c1-4-13-6-8-14(9-7-13)17(3)11-15(18)16-10-5-12(2)19-16/h5,10,13-14H,4,6-9,11H2,1-3H3. The van der Waals surface area contributed by atoms with Gasteiger partial charge in [-0.1, -0.05) is 13.3 Å². The highest BCUT2D eigenvalue weighted by atomic mass is 32.1. The molecule has 0 bridgehead atoms. The maximum absolute atomic E-state index is 12.2. The van der Waals surface area contributed by atoms with Crippen molar-refractivity contribution in [3.8, 4) is 0 Å². The molecular formula is C16H25NOS. The first-order chi connectivity index (χ1) is 9.10. The number of aryl methyl sites for hydroxylation is 1. The third-order valence-corrected chi connectivity index (χ3v) is 5.47. The van der Waals surface area contributed by atoms with Crippen molar-refractivity contribution in [1.82, 2.24) is 4.90 Å². The van der Waals surface area contributed by atoms with E-state index >= 15 is 0 Å². The summed E-state index contributed by atoms with van der Waals surface area (Å²) in [6.45, 7) is 4.91. The van der Waals surface area contributed by atoms with Crippen LogP contribution in [0.4, 0.5) is 0 Å². The lowest BCUT2D eigenvalue weighted by atomic mass is 9.84. The van der Waals surface area contributed by atoms with Gasteiger partial charge in [0.2, 0.25) is 0 Å². The molecule has 1 aliphatic rings. The third kappa shape index (κ3) is 3.90. The van der Waals surface area contributed by atoms with Gasteiger partial charge in [0.1, 0.15) is 0 Å². The lowest BCUT2D eigenvalue weighted by Gasteiger charge is -2.34. The normalized spacial score (nSPS) is 23.8. The average Bonchev–Trinajstić information content (AvgIpc) is 2.85. The first-order valence-corrected chi connectivity index (χ1v) is 8.21. The van der Waals surface area contributed by atoms with Crippen LogP contribution in [-0.2, 0) is 0 Å². The van der Waals surface area contributed by atoms with E-state index in [1.54, 1.807) is 11.3 Å². The molecule has 1 fully saturated rings. The van der Waals surface area contributed by atoms with E-state index in [-0.39, 0.29) is 5.78 Å². The van der Waals surface area contributed by atoms with Crippen molar-refractivity contribution in [2.75, 3.05) is 13.6 Å². The van der Waals surface area contributed by atoms with E-state index in [0.29, 0.717) is 12.6 Å². The van der Waals surface area contributed by atoms with Crippen molar-refractivity contribution >= 4 is 17.1 Å². The number of thiophene rings is 1. The monoisotopic (exact) mass is 279 g/mol. The van der Waals surface area contributed by atoms with Crippen molar-refractivity contribution in [2.45, 2.75) is 52.0 Å². The third-order valence-electron chi connectivity index (χ3n) is 4.43. The predicted octanol–water partition coefficient (Wildman–Crippen LogP) is 4.14. The second kappa shape index (κ2) is 6.67. The topological polar surface area (TPSA) is 20.3 Å². The Morgan fingerprint density at radius 1 is 1.32 bits per heavy atom. The Morgan fingerprint density at radius 2 is 2.00 bits per heavy atom. The van der Waals surface area contributed by atoms with Gasteiger partial charge in [0.25, 0.3) is 0 Å². The smallest absolute Gasteiger partial charge is 0.186 e. The molecule has 1 aromatic heterocycles. The molecule has 0 atom stereocenters. The molecule has 106 valence electrons. The molecule has 0 amide bonds. The quantitative estimate of drug-likeness (QED) is 0.755. The predicted molar refractivity (Wildman–Crippen MR) is 82.1 cm³/mol. The van der Waals surface area contributed by atoms with Gasteiger partial charge in [-0.2, -0.15) is 0 Å². The molecule has 1 saturated carbocycles.